The Hall–Kier alpha value is -3.32. The van der Waals surface area contributed by atoms with E-state index in [1.54, 1.807) is 36.4 Å². The van der Waals surface area contributed by atoms with Crippen molar-refractivity contribution in [3.05, 3.63) is 65.0 Å². The monoisotopic (exact) mass is 398 g/mol. The molecule has 2 aromatic carbocycles. The van der Waals surface area contributed by atoms with Gasteiger partial charge in [0.2, 0.25) is 5.82 Å². The standard InChI is InChI=1S/C20H15ClN2O5/c21-15-3-1-2-14(11-15)20-22-18(28-23-20)12-27-19(24)7-5-13-4-6-16-17(10-13)26-9-8-25-16/h1-7,10-11H,8-9,12H2/b7-5+. The lowest BCUT2D eigenvalue weighted by Gasteiger charge is -2.18. The molecule has 3 aromatic rings. The maximum Gasteiger partial charge on any atom is 0.331 e. The highest BCUT2D eigenvalue weighted by Crippen LogP contribution is 2.31. The molecule has 0 bridgehead atoms. The molecular weight excluding hydrogens is 384 g/mol. The maximum atomic E-state index is 11.9. The fraction of sp³-hybridized carbons (Fsp3) is 0.150. The summed E-state index contributed by atoms with van der Waals surface area (Å²) in [4.78, 5) is 16.1. The van der Waals surface area contributed by atoms with Crippen molar-refractivity contribution in [3.63, 3.8) is 0 Å². The molecular formula is C20H15ClN2O5. The number of halogens is 1. The molecule has 28 heavy (non-hydrogen) atoms. The third-order valence-corrected chi connectivity index (χ3v) is 4.10. The van der Waals surface area contributed by atoms with Gasteiger partial charge in [-0.25, -0.2) is 4.79 Å². The van der Waals surface area contributed by atoms with E-state index in [9.17, 15) is 4.79 Å². The van der Waals surface area contributed by atoms with Crippen LogP contribution < -0.4 is 9.47 Å². The topological polar surface area (TPSA) is 83.7 Å². The van der Waals surface area contributed by atoms with Gasteiger partial charge in [-0.1, -0.05) is 35.0 Å². The SMILES string of the molecule is O=C(/C=C/c1ccc2c(c1)OCCO2)OCc1nc(-c2cccc(Cl)c2)no1. The average Bonchev–Trinajstić information content (AvgIpc) is 3.20. The number of esters is 1. The minimum Gasteiger partial charge on any atom is -0.486 e. The van der Waals surface area contributed by atoms with Gasteiger partial charge in [-0.05, 0) is 35.9 Å². The van der Waals surface area contributed by atoms with Crippen molar-refractivity contribution in [2.24, 2.45) is 0 Å². The smallest absolute Gasteiger partial charge is 0.331 e. The number of benzene rings is 2. The number of nitrogens with zero attached hydrogens (tertiary/aromatic N) is 2. The summed E-state index contributed by atoms with van der Waals surface area (Å²) in [5.74, 6) is 1.38. The van der Waals surface area contributed by atoms with Crippen molar-refractivity contribution < 1.29 is 23.5 Å². The Morgan fingerprint density at radius 3 is 2.86 bits per heavy atom. The molecule has 0 saturated carbocycles. The molecule has 7 nitrogen and oxygen atoms in total. The third kappa shape index (κ3) is 4.32. The molecule has 0 radical (unpaired) electrons. The highest BCUT2D eigenvalue weighted by atomic mass is 35.5. The van der Waals surface area contributed by atoms with E-state index in [2.05, 4.69) is 10.1 Å². The van der Waals surface area contributed by atoms with Gasteiger partial charge in [0.1, 0.15) is 13.2 Å². The molecule has 4 rings (SSSR count). The Morgan fingerprint density at radius 2 is 2.00 bits per heavy atom. The largest absolute Gasteiger partial charge is 0.486 e. The van der Waals surface area contributed by atoms with Crippen LogP contribution in [0.1, 0.15) is 11.5 Å². The van der Waals surface area contributed by atoms with E-state index < -0.39 is 5.97 Å². The summed E-state index contributed by atoms with van der Waals surface area (Å²) in [7, 11) is 0. The molecule has 1 aliphatic heterocycles. The minimum absolute atomic E-state index is 0.127. The van der Waals surface area contributed by atoms with Crippen LogP contribution in [0.3, 0.4) is 0 Å². The molecule has 0 spiro atoms. The average molecular weight is 399 g/mol. The van der Waals surface area contributed by atoms with Crippen LogP contribution in [-0.4, -0.2) is 29.3 Å². The summed E-state index contributed by atoms with van der Waals surface area (Å²) in [6, 6.07) is 12.5. The second-order valence-corrected chi connectivity index (χ2v) is 6.30. The lowest BCUT2D eigenvalue weighted by molar-refractivity contribution is -0.139. The number of hydrogen-bond acceptors (Lipinski definition) is 7. The Labute approximate surface area is 165 Å². The van der Waals surface area contributed by atoms with Crippen molar-refractivity contribution in [2.45, 2.75) is 6.61 Å². The van der Waals surface area contributed by atoms with Gasteiger partial charge in [-0.2, -0.15) is 4.98 Å². The fourth-order valence-corrected chi connectivity index (χ4v) is 2.76. The molecule has 0 saturated heterocycles. The second-order valence-electron chi connectivity index (χ2n) is 5.87. The quantitative estimate of drug-likeness (QED) is 0.475. The number of fused-ring (bicyclic) bond motifs is 1. The molecule has 0 N–H and O–H groups in total. The zero-order valence-electron chi connectivity index (χ0n) is 14.6. The van der Waals surface area contributed by atoms with Gasteiger partial charge in [0.25, 0.3) is 5.89 Å². The van der Waals surface area contributed by atoms with E-state index in [4.69, 9.17) is 30.3 Å². The van der Waals surface area contributed by atoms with Crippen LogP contribution in [0, 0.1) is 0 Å². The summed E-state index contributed by atoms with van der Waals surface area (Å²) in [5, 5.41) is 4.43. The molecule has 0 amide bonds. The predicted octanol–water partition coefficient (Wildman–Crippen LogP) is 3.92. The van der Waals surface area contributed by atoms with E-state index in [0.29, 0.717) is 41.1 Å². The first-order valence-electron chi connectivity index (χ1n) is 8.50. The number of rotatable bonds is 5. The molecule has 142 valence electrons. The molecule has 0 unspecified atom stereocenters. The van der Waals surface area contributed by atoms with Crippen molar-refractivity contribution in [3.8, 4) is 22.9 Å². The van der Waals surface area contributed by atoms with Crippen LogP contribution in [-0.2, 0) is 16.1 Å². The number of hydrogen-bond donors (Lipinski definition) is 0. The second kappa shape index (κ2) is 8.14. The first-order valence-corrected chi connectivity index (χ1v) is 8.88. The maximum absolute atomic E-state index is 11.9. The van der Waals surface area contributed by atoms with Crippen molar-refractivity contribution in [1.82, 2.24) is 10.1 Å². The highest BCUT2D eigenvalue weighted by molar-refractivity contribution is 6.30. The summed E-state index contributed by atoms with van der Waals surface area (Å²) < 4.78 is 21.2. The van der Waals surface area contributed by atoms with Gasteiger partial charge in [0.15, 0.2) is 18.1 Å². The van der Waals surface area contributed by atoms with Crippen molar-refractivity contribution in [2.75, 3.05) is 13.2 Å². The van der Waals surface area contributed by atoms with Crippen LogP contribution in [0.5, 0.6) is 11.5 Å². The Balaban J connectivity index is 1.34. The summed E-state index contributed by atoms with van der Waals surface area (Å²) in [6.45, 7) is 0.907. The van der Waals surface area contributed by atoms with Crippen molar-refractivity contribution >= 4 is 23.6 Å². The first-order chi connectivity index (χ1) is 13.7. The van der Waals surface area contributed by atoms with E-state index >= 15 is 0 Å². The lowest BCUT2D eigenvalue weighted by atomic mass is 10.2. The molecule has 8 heteroatoms. The van der Waals surface area contributed by atoms with Crippen LogP contribution in [0.15, 0.2) is 53.1 Å². The Morgan fingerprint density at radius 1 is 1.14 bits per heavy atom. The van der Waals surface area contributed by atoms with Crippen LogP contribution in [0.25, 0.3) is 17.5 Å². The van der Waals surface area contributed by atoms with Crippen molar-refractivity contribution in [1.29, 1.82) is 0 Å². The normalized spacial score (nSPS) is 12.9. The fourth-order valence-electron chi connectivity index (χ4n) is 2.57. The van der Waals surface area contributed by atoms with Gasteiger partial charge in [0, 0.05) is 16.7 Å². The van der Waals surface area contributed by atoms with Crippen LogP contribution in [0.2, 0.25) is 5.02 Å². The van der Waals surface area contributed by atoms with E-state index in [-0.39, 0.29) is 12.5 Å². The number of carbonyl (C=O) groups excluding carboxylic acids is 1. The number of ether oxygens (including phenoxy) is 3. The van der Waals surface area contributed by atoms with Gasteiger partial charge in [0.05, 0.1) is 0 Å². The van der Waals surface area contributed by atoms with E-state index in [0.717, 1.165) is 5.56 Å². The minimum atomic E-state index is -0.530. The zero-order valence-corrected chi connectivity index (χ0v) is 15.4. The van der Waals surface area contributed by atoms with Crippen LogP contribution in [0.4, 0.5) is 0 Å². The summed E-state index contributed by atoms with van der Waals surface area (Å²) in [5.41, 5.74) is 1.51. The van der Waals surface area contributed by atoms with E-state index in [1.165, 1.54) is 6.08 Å². The van der Waals surface area contributed by atoms with E-state index in [1.807, 2.05) is 12.1 Å². The third-order valence-electron chi connectivity index (χ3n) is 3.87. The lowest BCUT2D eigenvalue weighted by Crippen LogP contribution is -2.15. The summed E-state index contributed by atoms with van der Waals surface area (Å²) >= 11 is 5.95. The summed E-state index contributed by atoms with van der Waals surface area (Å²) in [6.07, 6.45) is 2.95. The predicted molar refractivity (Wildman–Crippen MR) is 101 cm³/mol. The zero-order chi connectivity index (χ0) is 19.3. The molecule has 2 heterocycles. The highest BCUT2D eigenvalue weighted by Gasteiger charge is 2.12. The number of carbonyl (C=O) groups is 1. The van der Waals surface area contributed by atoms with Crippen LogP contribution >= 0.6 is 11.6 Å². The molecule has 1 aliphatic rings. The number of aromatic nitrogens is 2. The van der Waals surface area contributed by atoms with Gasteiger partial charge in [-0.3, -0.25) is 0 Å². The molecule has 1 aromatic heterocycles. The molecule has 0 atom stereocenters. The Bertz CT molecular complexity index is 1030. The molecule has 0 aliphatic carbocycles. The van der Waals surface area contributed by atoms with Gasteiger partial charge < -0.3 is 18.7 Å². The molecule has 0 fully saturated rings. The van der Waals surface area contributed by atoms with Gasteiger partial charge >= 0.3 is 5.97 Å². The first kappa shape index (κ1) is 18.1. The Kier molecular flexibility index (Phi) is 5.25. The van der Waals surface area contributed by atoms with Gasteiger partial charge in [-0.15, -0.1) is 0 Å².